The van der Waals surface area contributed by atoms with Crippen LogP contribution in [0.4, 0.5) is 5.69 Å². The van der Waals surface area contributed by atoms with Gasteiger partial charge in [-0.05, 0) is 66.6 Å². The van der Waals surface area contributed by atoms with Gasteiger partial charge in [-0.1, -0.05) is 35.9 Å². The van der Waals surface area contributed by atoms with Crippen molar-refractivity contribution in [1.82, 2.24) is 4.90 Å². The molecule has 0 unspecified atom stereocenters. The lowest BCUT2D eigenvalue weighted by Gasteiger charge is -2.24. The first-order chi connectivity index (χ1) is 15.5. The molecule has 0 aliphatic carbocycles. The average Bonchev–Trinajstić information content (AvgIpc) is 3.17. The summed E-state index contributed by atoms with van der Waals surface area (Å²) in [6.45, 7) is 3.05. The Morgan fingerprint density at radius 1 is 1.06 bits per heavy atom. The summed E-state index contributed by atoms with van der Waals surface area (Å²) in [4.78, 5) is 27.0. The van der Waals surface area contributed by atoms with Crippen molar-refractivity contribution in [3.05, 3.63) is 94.5 Å². The molecule has 2 amide bonds. The molecular formula is C25H23ClN2O3S. The molecule has 4 rings (SSSR count). The first-order valence-electron chi connectivity index (χ1n) is 10.3. The number of nitrogens with one attached hydrogen (secondary N) is 1. The molecule has 0 bridgehead atoms. The van der Waals surface area contributed by atoms with Crippen molar-refractivity contribution in [1.29, 1.82) is 0 Å². The van der Waals surface area contributed by atoms with Crippen molar-refractivity contribution in [3.8, 4) is 5.75 Å². The average molecular weight is 467 g/mol. The third-order valence-corrected chi connectivity index (χ3v) is 6.62. The van der Waals surface area contributed by atoms with E-state index in [0.717, 1.165) is 16.9 Å². The Balaban J connectivity index is 1.43. The van der Waals surface area contributed by atoms with E-state index in [-0.39, 0.29) is 17.2 Å². The quantitative estimate of drug-likeness (QED) is 0.480. The lowest BCUT2D eigenvalue weighted by molar-refractivity contribution is -0.128. The van der Waals surface area contributed by atoms with E-state index in [1.807, 2.05) is 72.5 Å². The maximum atomic E-state index is 12.6. The van der Waals surface area contributed by atoms with Gasteiger partial charge in [0.15, 0.2) is 0 Å². The molecule has 0 saturated carbocycles. The number of carbonyl (C=O) groups is 2. The van der Waals surface area contributed by atoms with Crippen LogP contribution in [0.2, 0.25) is 5.02 Å². The molecule has 32 heavy (non-hydrogen) atoms. The van der Waals surface area contributed by atoms with Crippen LogP contribution in [0.15, 0.2) is 72.8 Å². The van der Waals surface area contributed by atoms with Crippen molar-refractivity contribution in [2.45, 2.75) is 18.8 Å². The van der Waals surface area contributed by atoms with Crippen LogP contribution in [0.3, 0.4) is 0 Å². The van der Waals surface area contributed by atoms with Gasteiger partial charge in [0.2, 0.25) is 5.91 Å². The normalized spacial score (nSPS) is 15.6. The molecule has 1 N–H and O–H groups in total. The van der Waals surface area contributed by atoms with E-state index in [1.165, 1.54) is 0 Å². The number of rotatable bonds is 7. The second-order valence-corrected chi connectivity index (χ2v) is 8.85. The number of ether oxygens (including phenoxy) is 1. The fraction of sp³-hybridized carbons (Fsp3) is 0.200. The Morgan fingerprint density at radius 3 is 2.41 bits per heavy atom. The molecule has 3 aromatic carbocycles. The molecule has 164 valence electrons. The van der Waals surface area contributed by atoms with Gasteiger partial charge in [-0.3, -0.25) is 9.59 Å². The zero-order valence-corrected chi connectivity index (χ0v) is 19.2. The van der Waals surface area contributed by atoms with E-state index < -0.39 is 0 Å². The highest BCUT2D eigenvalue weighted by atomic mass is 35.5. The van der Waals surface area contributed by atoms with Crippen LogP contribution >= 0.6 is 23.4 Å². The van der Waals surface area contributed by atoms with Crippen LogP contribution in [0.1, 0.15) is 33.8 Å². The summed E-state index contributed by atoms with van der Waals surface area (Å²) in [6.07, 6.45) is 0. The minimum Gasteiger partial charge on any atom is -0.494 e. The van der Waals surface area contributed by atoms with Gasteiger partial charge in [0, 0.05) is 22.8 Å². The molecule has 1 heterocycles. The lowest BCUT2D eigenvalue weighted by atomic mass is 10.1. The van der Waals surface area contributed by atoms with Gasteiger partial charge >= 0.3 is 0 Å². The summed E-state index contributed by atoms with van der Waals surface area (Å²) in [6, 6.07) is 22.2. The van der Waals surface area contributed by atoms with Crippen LogP contribution < -0.4 is 10.1 Å². The predicted octanol–water partition coefficient (Wildman–Crippen LogP) is 5.77. The summed E-state index contributed by atoms with van der Waals surface area (Å²) < 4.78 is 5.42. The van der Waals surface area contributed by atoms with Gasteiger partial charge in [0.05, 0.1) is 12.4 Å². The number of anilines is 1. The second-order valence-electron chi connectivity index (χ2n) is 7.34. The fourth-order valence-corrected chi connectivity index (χ4v) is 4.81. The Labute approximate surface area is 196 Å². The maximum absolute atomic E-state index is 12.6. The molecule has 1 atom stereocenters. The fourth-order valence-electron chi connectivity index (χ4n) is 3.49. The van der Waals surface area contributed by atoms with Crippen molar-refractivity contribution in [3.63, 3.8) is 0 Å². The van der Waals surface area contributed by atoms with E-state index in [1.54, 1.807) is 23.9 Å². The molecule has 7 heteroatoms. The number of hydrogen-bond acceptors (Lipinski definition) is 4. The molecule has 0 radical (unpaired) electrons. The van der Waals surface area contributed by atoms with Crippen molar-refractivity contribution in [2.75, 3.05) is 17.7 Å². The van der Waals surface area contributed by atoms with E-state index in [2.05, 4.69) is 5.32 Å². The molecule has 1 aliphatic rings. The molecule has 1 fully saturated rings. The number of nitrogens with zero attached hydrogens (tertiary/aromatic N) is 1. The largest absolute Gasteiger partial charge is 0.494 e. The van der Waals surface area contributed by atoms with Crippen molar-refractivity contribution < 1.29 is 14.3 Å². The minimum atomic E-state index is -0.186. The highest BCUT2D eigenvalue weighted by Gasteiger charge is 2.32. The van der Waals surface area contributed by atoms with E-state index in [9.17, 15) is 9.59 Å². The monoisotopic (exact) mass is 466 g/mol. The van der Waals surface area contributed by atoms with Crippen LogP contribution in [-0.4, -0.2) is 29.1 Å². The first-order valence-corrected chi connectivity index (χ1v) is 11.8. The number of carbonyl (C=O) groups excluding carboxylic acids is 2. The summed E-state index contributed by atoms with van der Waals surface area (Å²) in [7, 11) is 0. The number of thioether (sulfide) groups is 1. The van der Waals surface area contributed by atoms with Gasteiger partial charge in [-0.15, -0.1) is 11.8 Å². The Hall–Kier alpha value is -2.96. The number of halogens is 1. The zero-order valence-electron chi connectivity index (χ0n) is 17.6. The minimum absolute atomic E-state index is 0.0820. The second kappa shape index (κ2) is 10.1. The highest BCUT2D eigenvalue weighted by Crippen LogP contribution is 2.39. The molecular weight excluding hydrogens is 444 g/mol. The molecule has 1 aliphatic heterocycles. The van der Waals surface area contributed by atoms with Gasteiger partial charge < -0.3 is 15.0 Å². The summed E-state index contributed by atoms with van der Waals surface area (Å²) >= 11 is 7.56. The number of benzene rings is 3. The third-order valence-electron chi connectivity index (χ3n) is 5.12. The van der Waals surface area contributed by atoms with Crippen LogP contribution in [0, 0.1) is 0 Å². The van der Waals surface area contributed by atoms with E-state index in [4.69, 9.17) is 16.3 Å². The van der Waals surface area contributed by atoms with Gasteiger partial charge in [-0.2, -0.15) is 0 Å². The van der Waals surface area contributed by atoms with E-state index >= 15 is 0 Å². The molecule has 0 aromatic heterocycles. The Kier molecular flexibility index (Phi) is 7.02. The summed E-state index contributed by atoms with van der Waals surface area (Å²) in [5, 5.41) is 3.49. The molecule has 3 aromatic rings. The number of amides is 2. The first kappa shape index (κ1) is 22.2. The SMILES string of the molecule is CCOc1ccc(NC(=O)c2ccc([C@H]3SCC(=O)N3Cc3ccc(Cl)cc3)cc2)cc1. The molecule has 0 spiro atoms. The van der Waals surface area contributed by atoms with Gasteiger partial charge in [-0.25, -0.2) is 0 Å². The third kappa shape index (κ3) is 5.26. The Morgan fingerprint density at radius 2 is 1.75 bits per heavy atom. The van der Waals surface area contributed by atoms with Gasteiger partial charge in [0.25, 0.3) is 5.91 Å². The molecule has 5 nitrogen and oxygen atoms in total. The zero-order chi connectivity index (χ0) is 22.5. The Bertz CT molecular complexity index is 1090. The van der Waals surface area contributed by atoms with Crippen LogP contribution in [0.25, 0.3) is 0 Å². The summed E-state index contributed by atoms with van der Waals surface area (Å²) in [5.74, 6) is 1.13. The molecule has 1 saturated heterocycles. The van der Waals surface area contributed by atoms with Crippen LogP contribution in [0.5, 0.6) is 5.75 Å². The van der Waals surface area contributed by atoms with Crippen LogP contribution in [-0.2, 0) is 11.3 Å². The lowest BCUT2D eigenvalue weighted by Crippen LogP contribution is -2.27. The smallest absolute Gasteiger partial charge is 0.255 e. The maximum Gasteiger partial charge on any atom is 0.255 e. The predicted molar refractivity (Wildman–Crippen MR) is 129 cm³/mol. The van der Waals surface area contributed by atoms with Gasteiger partial charge in [0.1, 0.15) is 11.1 Å². The topological polar surface area (TPSA) is 58.6 Å². The van der Waals surface area contributed by atoms with Crippen molar-refractivity contribution in [2.24, 2.45) is 0 Å². The van der Waals surface area contributed by atoms with Crippen molar-refractivity contribution >= 4 is 40.9 Å². The van der Waals surface area contributed by atoms with E-state index in [0.29, 0.717) is 35.2 Å². The highest BCUT2D eigenvalue weighted by molar-refractivity contribution is 8.00. The number of hydrogen-bond donors (Lipinski definition) is 1. The summed E-state index contributed by atoms with van der Waals surface area (Å²) in [5.41, 5.74) is 3.28. The standard InChI is InChI=1S/C25H23ClN2O3S/c1-2-31-22-13-11-21(12-14-22)27-24(30)18-5-7-19(8-6-18)25-28(23(29)16-32-25)15-17-3-9-20(26)10-4-17/h3-14,25H,2,15-16H2,1H3,(H,27,30)/t25-/m1/s1.